The molecule has 0 saturated carbocycles. The normalized spacial score (nSPS) is 11.0. The first-order chi connectivity index (χ1) is 8.66. The van der Waals surface area contributed by atoms with Gasteiger partial charge in [0.05, 0.1) is 11.6 Å². The third kappa shape index (κ3) is 1.50. The maximum atomic E-state index is 13.5. The number of benzene rings is 1. The first-order valence-corrected chi connectivity index (χ1v) is 5.33. The maximum absolute atomic E-state index is 13.5. The van der Waals surface area contributed by atoms with E-state index in [-0.39, 0.29) is 16.3 Å². The molecule has 0 aliphatic heterocycles. The van der Waals surface area contributed by atoms with E-state index >= 15 is 0 Å². The van der Waals surface area contributed by atoms with Crippen LogP contribution in [0.15, 0.2) is 41.5 Å². The number of nitrogens with zero attached hydrogens (tertiary/aromatic N) is 4. The van der Waals surface area contributed by atoms with Gasteiger partial charge in [-0.15, -0.1) is 0 Å². The fraction of sp³-hybridized carbons (Fsp3) is 0.0833. The van der Waals surface area contributed by atoms with E-state index in [4.69, 9.17) is 0 Å². The van der Waals surface area contributed by atoms with Gasteiger partial charge in [-0.2, -0.15) is 14.9 Å². The summed E-state index contributed by atoms with van der Waals surface area (Å²) in [5.41, 5.74) is -0.384. The van der Waals surface area contributed by atoms with Crippen molar-refractivity contribution in [2.24, 2.45) is 7.05 Å². The van der Waals surface area contributed by atoms with Crippen molar-refractivity contribution in [1.82, 2.24) is 19.6 Å². The molecule has 3 rings (SSSR count). The van der Waals surface area contributed by atoms with E-state index in [1.807, 2.05) is 0 Å². The van der Waals surface area contributed by atoms with E-state index in [0.717, 1.165) is 4.68 Å². The molecule has 0 saturated heterocycles. The Morgan fingerprint density at radius 2 is 2.06 bits per heavy atom. The lowest BCUT2D eigenvalue weighted by molar-refractivity contribution is 0.637. The molecule has 0 amide bonds. The monoisotopic (exact) mass is 244 g/mol. The van der Waals surface area contributed by atoms with E-state index in [1.165, 1.54) is 18.3 Å². The lowest BCUT2D eigenvalue weighted by Gasteiger charge is -2.02. The molecule has 18 heavy (non-hydrogen) atoms. The highest BCUT2D eigenvalue weighted by Gasteiger charge is 2.10. The first kappa shape index (κ1) is 10.6. The van der Waals surface area contributed by atoms with Crippen molar-refractivity contribution in [2.45, 2.75) is 0 Å². The number of hydrogen-bond acceptors (Lipinski definition) is 3. The van der Waals surface area contributed by atoms with E-state index in [2.05, 4.69) is 10.2 Å². The van der Waals surface area contributed by atoms with E-state index in [1.54, 1.807) is 30.1 Å². The Kier molecular flexibility index (Phi) is 2.22. The lowest BCUT2D eigenvalue weighted by Crippen LogP contribution is -2.21. The van der Waals surface area contributed by atoms with Crippen LogP contribution in [0.1, 0.15) is 0 Å². The molecule has 90 valence electrons. The van der Waals surface area contributed by atoms with Crippen LogP contribution in [0, 0.1) is 5.82 Å². The lowest BCUT2D eigenvalue weighted by atomic mass is 10.2. The zero-order valence-corrected chi connectivity index (χ0v) is 9.54. The smallest absolute Gasteiger partial charge is 0.274 e. The summed E-state index contributed by atoms with van der Waals surface area (Å²) in [5, 5.41) is 8.54. The second-order valence-electron chi connectivity index (χ2n) is 3.91. The van der Waals surface area contributed by atoms with Crippen molar-refractivity contribution in [2.75, 3.05) is 0 Å². The van der Waals surface area contributed by atoms with Gasteiger partial charge in [-0.25, -0.2) is 4.39 Å². The van der Waals surface area contributed by atoms with Crippen LogP contribution < -0.4 is 5.56 Å². The van der Waals surface area contributed by atoms with Crippen molar-refractivity contribution >= 4 is 10.8 Å². The van der Waals surface area contributed by atoms with Gasteiger partial charge < -0.3 is 0 Å². The van der Waals surface area contributed by atoms with Gasteiger partial charge in [-0.3, -0.25) is 9.48 Å². The Labute approximate surface area is 101 Å². The number of rotatable bonds is 1. The number of halogens is 1. The fourth-order valence-electron chi connectivity index (χ4n) is 1.82. The molecule has 0 bridgehead atoms. The molecule has 3 aromatic rings. The molecule has 6 heteroatoms. The molecule has 0 aliphatic rings. The minimum Gasteiger partial charge on any atom is -0.274 e. The predicted molar refractivity (Wildman–Crippen MR) is 64.1 cm³/mol. The van der Waals surface area contributed by atoms with Crippen molar-refractivity contribution in [3.05, 3.63) is 52.8 Å². The second kappa shape index (κ2) is 3.76. The predicted octanol–water partition coefficient (Wildman–Crippen LogP) is 1.26. The van der Waals surface area contributed by atoms with Crippen molar-refractivity contribution in [3.8, 4) is 5.82 Å². The summed E-state index contributed by atoms with van der Waals surface area (Å²) >= 11 is 0. The fourth-order valence-corrected chi connectivity index (χ4v) is 1.82. The zero-order chi connectivity index (χ0) is 12.7. The molecule has 0 aliphatic carbocycles. The van der Waals surface area contributed by atoms with Crippen LogP contribution >= 0.6 is 0 Å². The Bertz CT molecular complexity index is 790. The minimum atomic E-state index is -0.453. The molecular weight excluding hydrogens is 235 g/mol. The van der Waals surface area contributed by atoms with Gasteiger partial charge in [-0.05, 0) is 12.1 Å². The maximum Gasteiger partial charge on any atom is 0.280 e. The number of hydrogen-bond donors (Lipinski definition) is 0. The molecule has 0 radical (unpaired) electrons. The van der Waals surface area contributed by atoms with Crippen LogP contribution in [0.5, 0.6) is 0 Å². The summed E-state index contributed by atoms with van der Waals surface area (Å²) in [5.74, 6) is -0.0427. The van der Waals surface area contributed by atoms with Gasteiger partial charge in [0.25, 0.3) is 5.56 Å². The molecule has 0 spiro atoms. The summed E-state index contributed by atoms with van der Waals surface area (Å²) in [6.07, 6.45) is 3.04. The molecule has 2 aromatic heterocycles. The van der Waals surface area contributed by atoms with E-state index < -0.39 is 5.82 Å². The Morgan fingerprint density at radius 3 is 2.78 bits per heavy atom. The second-order valence-corrected chi connectivity index (χ2v) is 3.91. The molecule has 0 N–H and O–H groups in total. The Morgan fingerprint density at radius 1 is 1.22 bits per heavy atom. The van der Waals surface area contributed by atoms with Crippen LogP contribution in [-0.4, -0.2) is 19.6 Å². The van der Waals surface area contributed by atoms with Crippen LogP contribution in [-0.2, 0) is 7.05 Å². The highest BCUT2D eigenvalue weighted by molar-refractivity contribution is 5.81. The third-order valence-electron chi connectivity index (χ3n) is 2.69. The molecule has 5 nitrogen and oxygen atoms in total. The van der Waals surface area contributed by atoms with Crippen LogP contribution in [0.4, 0.5) is 4.39 Å². The molecular formula is C12H9FN4O. The quantitative estimate of drug-likeness (QED) is 0.647. The molecule has 0 atom stereocenters. The Balaban J connectivity index is 2.34. The van der Waals surface area contributed by atoms with Crippen LogP contribution in [0.25, 0.3) is 16.6 Å². The van der Waals surface area contributed by atoms with Gasteiger partial charge in [0.15, 0.2) is 5.82 Å². The van der Waals surface area contributed by atoms with Gasteiger partial charge in [-0.1, -0.05) is 6.07 Å². The average molecular weight is 244 g/mol. The number of aromatic nitrogens is 4. The van der Waals surface area contributed by atoms with Gasteiger partial charge in [0.2, 0.25) is 0 Å². The molecule has 2 heterocycles. The molecule has 1 aromatic carbocycles. The van der Waals surface area contributed by atoms with Crippen LogP contribution in [0.2, 0.25) is 0 Å². The zero-order valence-electron chi connectivity index (χ0n) is 9.54. The molecule has 0 unspecified atom stereocenters. The summed E-state index contributed by atoms with van der Waals surface area (Å²) < 4.78 is 16.2. The summed E-state index contributed by atoms with van der Waals surface area (Å²) in [7, 11) is 1.75. The first-order valence-electron chi connectivity index (χ1n) is 5.33. The summed E-state index contributed by atoms with van der Waals surface area (Å²) in [6.45, 7) is 0. The van der Waals surface area contributed by atoms with E-state index in [9.17, 15) is 9.18 Å². The topological polar surface area (TPSA) is 52.7 Å². The van der Waals surface area contributed by atoms with Gasteiger partial charge in [0, 0.05) is 24.7 Å². The van der Waals surface area contributed by atoms with Crippen molar-refractivity contribution in [1.29, 1.82) is 0 Å². The number of aryl methyl sites for hydroxylation is 1. The summed E-state index contributed by atoms with van der Waals surface area (Å²) in [6, 6.07) is 6.04. The van der Waals surface area contributed by atoms with E-state index in [0.29, 0.717) is 5.82 Å². The highest BCUT2D eigenvalue weighted by Crippen LogP contribution is 2.13. The highest BCUT2D eigenvalue weighted by atomic mass is 19.1. The largest absolute Gasteiger partial charge is 0.280 e. The summed E-state index contributed by atoms with van der Waals surface area (Å²) in [4.78, 5) is 12.2. The SMILES string of the molecule is Cn1ccc(-n2ncc3c(F)cccc3c2=O)n1. The average Bonchev–Trinajstić information content (AvgIpc) is 2.77. The third-order valence-corrected chi connectivity index (χ3v) is 2.69. The Hall–Kier alpha value is -2.50. The van der Waals surface area contributed by atoms with Gasteiger partial charge >= 0.3 is 0 Å². The number of fused-ring (bicyclic) bond motifs is 1. The van der Waals surface area contributed by atoms with Crippen molar-refractivity contribution < 1.29 is 4.39 Å². The van der Waals surface area contributed by atoms with Gasteiger partial charge in [0.1, 0.15) is 5.82 Å². The van der Waals surface area contributed by atoms with Crippen molar-refractivity contribution in [3.63, 3.8) is 0 Å². The molecule has 0 fully saturated rings. The minimum absolute atomic E-state index is 0.217. The van der Waals surface area contributed by atoms with Crippen LogP contribution in [0.3, 0.4) is 0 Å². The standard InChI is InChI=1S/C12H9FN4O/c1-16-6-5-11(15-16)17-12(18)8-3-2-4-10(13)9(8)7-14-17/h2-7H,1H3.